The molecule has 5 nitrogen and oxygen atoms in total. The van der Waals surface area contributed by atoms with Crippen molar-refractivity contribution in [3.63, 3.8) is 0 Å². The summed E-state index contributed by atoms with van der Waals surface area (Å²) in [5.74, 6) is -1.91. The summed E-state index contributed by atoms with van der Waals surface area (Å²) >= 11 is 0. The summed E-state index contributed by atoms with van der Waals surface area (Å²) in [4.78, 5) is 13.7. The summed E-state index contributed by atoms with van der Waals surface area (Å²) in [6.45, 7) is 2.78. The van der Waals surface area contributed by atoms with Crippen LogP contribution >= 0.6 is 0 Å². The molecule has 2 atom stereocenters. The van der Waals surface area contributed by atoms with Crippen molar-refractivity contribution in [1.29, 1.82) is 0 Å². The average Bonchev–Trinajstić information content (AvgIpc) is 2.41. The molecular formula is C14H18F2N2O3. The largest absolute Gasteiger partial charge is 0.394 e. The summed E-state index contributed by atoms with van der Waals surface area (Å²) in [7, 11) is 0. The maximum Gasteiger partial charge on any atom is 0.238 e. The van der Waals surface area contributed by atoms with Crippen LogP contribution in [0.15, 0.2) is 18.2 Å². The maximum atomic E-state index is 13.4. The Morgan fingerprint density at radius 2 is 2.24 bits per heavy atom. The number of nitrogens with one attached hydrogen (secondary N) is 1. The van der Waals surface area contributed by atoms with Crippen molar-refractivity contribution in [2.45, 2.75) is 19.1 Å². The fourth-order valence-electron chi connectivity index (χ4n) is 2.35. The quantitative estimate of drug-likeness (QED) is 0.870. The number of aliphatic hydroxyl groups is 1. The predicted molar refractivity (Wildman–Crippen MR) is 72.8 cm³/mol. The van der Waals surface area contributed by atoms with Gasteiger partial charge in [0.05, 0.1) is 31.0 Å². The first kappa shape index (κ1) is 15.8. The van der Waals surface area contributed by atoms with Crippen LogP contribution in [0, 0.1) is 11.6 Å². The Hall–Kier alpha value is -1.57. The third-order valence-corrected chi connectivity index (χ3v) is 3.18. The van der Waals surface area contributed by atoms with Gasteiger partial charge in [-0.15, -0.1) is 0 Å². The van der Waals surface area contributed by atoms with E-state index in [2.05, 4.69) is 5.32 Å². The van der Waals surface area contributed by atoms with Crippen LogP contribution in [0.25, 0.3) is 0 Å². The van der Waals surface area contributed by atoms with Gasteiger partial charge in [-0.25, -0.2) is 8.78 Å². The number of ether oxygens (including phenoxy) is 1. The summed E-state index contributed by atoms with van der Waals surface area (Å²) in [6.07, 6.45) is -0.421. The summed E-state index contributed by atoms with van der Waals surface area (Å²) in [6, 6.07) is 2.98. The number of carbonyl (C=O) groups excluding carboxylic acids is 1. The van der Waals surface area contributed by atoms with E-state index < -0.39 is 17.5 Å². The normalized spacial score (nSPS) is 23.0. The minimum Gasteiger partial charge on any atom is -0.394 e. The Balaban J connectivity index is 1.92. The summed E-state index contributed by atoms with van der Waals surface area (Å²) < 4.78 is 31.7. The molecule has 1 heterocycles. The van der Waals surface area contributed by atoms with Crippen LogP contribution in [0.4, 0.5) is 14.5 Å². The lowest BCUT2D eigenvalue weighted by Gasteiger charge is -2.35. The number of morpholine rings is 1. The molecule has 0 aromatic heterocycles. The molecule has 0 bridgehead atoms. The molecule has 0 spiro atoms. The van der Waals surface area contributed by atoms with Crippen molar-refractivity contribution in [2.24, 2.45) is 0 Å². The standard InChI is InChI=1S/C14H18F2N2O3/c1-9-5-18(6-11(8-19)21-9)7-14(20)17-13-3-2-10(15)4-12(13)16/h2-4,9,11,19H,5-8H2,1H3,(H,17,20). The fourth-order valence-corrected chi connectivity index (χ4v) is 2.35. The minimum atomic E-state index is -0.813. The predicted octanol–water partition coefficient (Wildman–Crippen LogP) is 0.985. The molecule has 0 saturated carbocycles. The van der Waals surface area contributed by atoms with Gasteiger partial charge in [0, 0.05) is 19.2 Å². The van der Waals surface area contributed by atoms with Crippen LogP contribution in [0.2, 0.25) is 0 Å². The van der Waals surface area contributed by atoms with Gasteiger partial charge in [0.15, 0.2) is 0 Å². The zero-order chi connectivity index (χ0) is 15.4. The number of anilines is 1. The first-order valence-corrected chi connectivity index (χ1v) is 6.71. The SMILES string of the molecule is CC1CN(CC(=O)Nc2ccc(F)cc2F)CC(CO)O1. The second-order valence-corrected chi connectivity index (χ2v) is 5.12. The third-order valence-electron chi connectivity index (χ3n) is 3.18. The van der Waals surface area contributed by atoms with Crippen molar-refractivity contribution in [3.05, 3.63) is 29.8 Å². The van der Waals surface area contributed by atoms with Crippen LogP contribution in [0.5, 0.6) is 0 Å². The molecule has 7 heteroatoms. The topological polar surface area (TPSA) is 61.8 Å². The van der Waals surface area contributed by atoms with Gasteiger partial charge >= 0.3 is 0 Å². The number of carbonyl (C=O) groups is 1. The van der Waals surface area contributed by atoms with Gasteiger partial charge in [-0.1, -0.05) is 0 Å². The van der Waals surface area contributed by atoms with Gasteiger partial charge in [0.25, 0.3) is 0 Å². The van der Waals surface area contributed by atoms with Crippen LogP contribution in [0.1, 0.15) is 6.92 Å². The highest BCUT2D eigenvalue weighted by Gasteiger charge is 2.26. The highest BCUT2D eigenvalue weighted by Crippen LogP contribution is 2.15. The Morgan fingerprint density at radius 1 is 1.48 bits per heavy atom. The molecule has 0 aliphatic carbocycles. The monoisotopic (exact) mass is 300 g/mol. The molecule has 116 valence electrons. The van der Waals surface area contributed by atoms with E-state index in [1.807, 2.05) is 11.8 Å². The van der Waals surface area contributed by atoms with Crippen LogP contribution in [-0.2, 0) is 9.53 Å². The molecule has 2 unspecified atom stereocenters. The van der Waals surface area contributed by atoms with Gasteiger partial charge in [-0.2, -0.15) is 0 Å². The van der Waals surface area contributed by atoms with E-state index in [1.165, 1.54) is 6.07 Å². The van der Waals surface area contributed by atoms with Crippen LogP contribution in [0.3, 0.4) is 0 Å². The van der Waals surface area contributed by atoms with Gasteiger partial charge in [-0.3, -0.25) is 9.69 Å². The Bertz CT molecular complexity index is 513. The third kappa shape index (κ3) is 4.45. The highest BCUT2D eigenvalue weighted by atomic mass is 19.1. The average molecular weight is 300 g/mol. The molecule has 1 aliphatic heterocycles. The van der Waals surface area contributed by atoms with Crippen molar-refractivity contribution in [2.75, 3.05) is 31.6 Å². The second-order valence-electron chi connectivity index (χ2n) is 5.12. The lowest BCUT2D eigenvalue weighted by Crippen LogP contribution is -2.50. The Kier molecular flexibility index (Phi) is 5.22. The van der Waals surface area contributed by atoms with Crippen molar-refractivity contribution >= 4 is 11.6 Å². The molecule has 21 heavy (non-hydrogen) atoms. The number of rotatable bonds is 4. The maximum absolute atomic E-state index is 13.4. The summed E-state index contributed by atoms with van der Waals surface area (Å²) in [5.41, 5.74) is -0.0542. The molecule has 1 fully saturated rings. The molecule has 0 radical (unpaired) electrons. The molecular weight excluding hydrogens is 282 g/mol. The molecule has 2 rings (SSSR count). The van der Waals surface area contributed by atoms with E-state index in [9.17, 15) is 13.6 Å². The number of hydrogen-bond acceptors (Lipinski definition) is 4. The van der Waals surface area contributed by atoms with E-state index in [0.29, 0.717) is 19.2 Å². The van der Waals surface area contributed by atoms with Crippen LogP contribution in [-0.4, -0.2) is 54.4 Å². The molecule has 1 aromatic rings. The molecule has 1 amide bonds. The molecule has 2 N–H and O–H groups in total. The van der Waals surface area contributed by atoms with Gasteiger partial charge < -0.3 is 15.2 Å². The van der Waals surface area contributed by atoms with Gasteiger partial charge in [0.2, 0.25) is 5.91 Å². The van der Waals surface area contributed by atoms with E-state index in [1.54, 1.807) is 0 Å². The van der Waals surface area contributed by atoms with Crippen molar-refractivity contribution < 1.29 is 23.4 Å². The fraction of sp³-hybridized carbons (Fsp3) is 0.500. The number of hydrogen-bond donors (Lipinski definition) is 2. The Labute approximate surface area is 121 Å². The van der Waals surface area contributed by atoms with Gasteiger partial charge in [0.1, 0.15) is 11.6 Å². The first-order valence-electron chi connectivity index (χ1n) is 6.71. The van der Waals surface area contributed by atoms with E-state index >= 15 is 0 Å². The number of nitrogens with zero attached hydrogens (tertiary/aromatic N) is 1. The number of halogens is 2. The molecule has 1 aliphatic rings. The Morgan fingerprint density at radius 3 is 2.90 bits per heavy atom. The van der Waals surface area contributed by atoms with E-state index in [0.717, 1.165) is 6.07 Å². The zero-order valence-electron chi connectivity index (χ0n) is 11.7. The highest BCUT2D eigenvalue weighted by molar-refractivity contribution is 5.92. The number of aliphatic hydroxyl groups excluding tert-OH is 1. The second kappa shape index (κ2) is 6.93. The summed E-state index contributed by atoms with van der Waals surface area (Å²) in [5, 5.41) is 11.5. The number of benzene rings is 1. The minimum absolute atomic E-state index is 0.0542. The lowest BCUT2D eigenvalue weighted by molar-refractivity contribution is -0.124. The van der Waals surface area contributed by atoms with E-state index in [-0.39, 0.29) is 31.0 Å². The molecule has 1 aromatic carbocycles. The smallest absolute Gasteiger partial charge is 0.238 e. The van der Waals surface area contributed by atoms with E-state index in [4.69, 9.17) is 9.84 Å². The van der Waals surface area contributed by atoms with Crippen molar-refractivity contribution in [1.82, 2.24) is 4.90 Å². The first-order chi connectivity index (χ1) is 9.97. The lowest BCUT2D eigenvalue weighted by atomic mass is 10.2. The van der Waals surface area contributed by atoms with Gasteiger partial charge in [-0.05, 0) is 19.1 Å². The van der Waals surface area contributed by atoms with Crippen molar-refractivity contribution in [3.8, 4) is 0 Å². The molecule has 1 saturated heterocycles. The zero-order valence-corrected chi connectivity index (χ0v) is 11.7. The number of amides is 1. The van der Waals surface area contributed by atoms with Crippen LogP contribution < -0.4 is 5.32 Å².